The second-order valence-electron chi connectivity index (χ2n) is 4.91. The van der Waals surface area contributed by atoms with Crippen molar-refractivity contribution >= 4 is 21.4 Å². The zero-order chi connectivity index (χ0) is 14.8. The maximum atomic E-state index is 12.0. The van der Waals surface area contributed by atoms with E-state index in [0.717, 1.165) is 25.7 Å². The highest BCUT2D eigenvalue weighted by Gasteiger charge is 2.18. The first-order valence-electron chi connectivity index (χ1n) is 6.36. The summed E-state index contributed by atoms with van der Waals surface area (Å²) in [5.74, 6) is -0.349. The highest BCUT2D eigenvalue weighted by Crippen LogP contribution is 2.17. The van der Waals surface area contributed by atoms with Gasteiger partial charge in [-0.25, -0.2) is 8.42 Å². The molecule has 1 aromatic carbocycles. The molecule has 0 saturated carbocycles. The minimum atomic E-state index is -3.40. The van der Waals surface area contributed by atoms with E-state index in [4.69, 9.17) is 10.5 Å². The first kappa shape index (κ1) is 14.8. The number of ether oxygens (including phenoxy) is 1. The lowest BCUT2D eigenvalue weighted by Gasteiger charge is -2.11. The summed E-state index contributed by atoms with van der Waals surface area (Å²) in [5, 5.41) is 2.73. The van der Waals surface area contributed by atoms with Gasteiger partial charge in [0.05, 0.1) is 11.0 Å². The second-order valence-corrected chi connectivity index (χ2v) is 6.92. The van der Waals surface area contributed by atoms with E-state index in [-0.39, 0.29) is 28.2 Å². The number of nitrogens with two attached hydrogens (primary N) is 1. The molecule has 0 aromatic heterocycles. The van der Waals surface area contributed by atoms with Gasteiger partial charge < -0.3 is 15.8 Å². The first-order chi connectivity index (χ1) is 9.36. The van der Waals surface area contributed by atoms with Gasteiger partial charge in [0.1, 0.15) is 0 Å². The topological polar surface area (TPSA) is 98.5 Å². The standard InChI is InChI=1S/C13H18N2O4S/c1-20(17,18)12-6-9(5-10(14)7-12)13(16)15-8-11-3-2-4-19-11/h5-7,11H,2-4,8,14H2,1H3,(H,15,16). The molecule has 1 fully saturated rings. The SMILES string of the molecule is CS(=O)(=O)c1cc(N)cc(C(=O)NCC2CCCO2)c1. The number of rotatable bonds is 4. The first-order valence-corrected chi connectivity index (χ1v) is 8.26. The fraction of sp³-hybridized carbons (Fsp3) is 0.462. The molecule has 7 heteroatoms. The average molecular weight is 298 g/mol. The van der Waals surface area contributed by atoms with Crippen LogP contribution in [0.25, 0.3) is 0 Å². The largest absolute Gasteiger partial charge is 0.399 e. The van der Waals surface area contributed by atoms with Gasteiger partial charge in [-0.05, 0) is 31.0 Å². The molecule has 3 N–H and O–H groups in total. The Morgan fingerprint density at radius 1 is 1.45 bits per heavy atom. The summed E-state index contributed by atoms with van der Waals surface area (Å²) in [6.45, 7) is 1.14. The predicted molar refractivity (Wildman–Crippen MR) is 75.3 cm³/mol. The lowest BCUT2D eigenvalue weighted by molar-refractivity contribution is 0.0857. The molecule has 0 radical (unpaired) electrons. The van der Waals surface area contributed by atoms with Gasteiger partial charge in [-0.3, -0.25) is 4.79 Å². The highest BCUT2D eigenvalue weighted by molar-refractivity contribution is 7.90. The molecule has 1 atom stereocenters. The Labute approximate surface area is 118 Å². The molecule has 1 aliphatic heterocycles. The smallest absolute Gasteiger partial charge is 0.251 e. The van der Waals surface area contributed by atoms with Crippen LogP contribution in [0.3, 0.4) is 0 Å². The normalized spacial score (nSPS) is 18.9. The summed E-state index contributed by atoms with van der Waals surface area (Å²) in [6, 6.07) is 4.13. The quantitative estimate of drug-likeness (QED) is 0.792. The van der Waals surface area contributed by atoms with Gasteiger partial charge in [0, 0.05) is 30.7 Å². The number of nitrogens with one attached hydrogen (secondary N) is 1. The monoisotopic (exact) mass is 298 g/mol. The Morgan fingerprint density at radius 2 is 2.20 bits per heavy atom. The van der Waals surface area contributed by atoms with E-state index in [2.05, 4.69) is 5.32 Å². The zero-order valence-corrected chi connectivity index (χ0v) is 12.1. The number of nitrogen functional groups attached to an aromatic ring is 1. The summed E-state index contributed by atoms with van der Waals surface area (Å²) in [4.78, 5) is 12.1. The lowest BCUT2D eigenvalue weighted by Crippen LogP contribution is -2.31. The maximum absolute atomic E-state index is 12.0. The van der Waals surface area contributed by atoms with Gasteiger partial charge in [0.25, 0.3) is 5.91 Å². The van der Waals surface area contributed by atoms with E-state index in [1.807, 2.05) is 0 Å². The van der Waals surface area contributed by atoms with Crippen molar-refractivity contribution in [2.24, 2.45) is 0 Å². The summed E-state index contributed by atoms with van der Waals surface area (Å²) < 4.78 is 28.4. The second kappa shape index (κ2) is 5.80. The van der Waals surface area contributed by atoms with Crippen molar-refractivity contribution in [3.63, 3.8) is 0 Å². The summed E-state index contributed by atoms with van der Waals surface area (Å²) in [7, 11) is -3.40. The molecule has 1 aromatic rings. The van der Waals surface area contributed by atoms with Gasteiger partial charge in [-0.1, -0.05) is 0 Å². The molecule has 1 unspecified atom stereocenters. The lowest BCUT2D eigenvalue weighted by atomic mass is 10.2. The van der Waals surface area contributed by atoms with Crippen molar-refractivity contribution in [1.82, 2.24) is 5.32 Å². The molecule has 0 bridgehead atoms. The minimum absolute atomic E-state index is 0.0365. The van der Waals surface area contributed by atoms with Gasteiger partial charge in [-0.2, -0.15) is 0 Å². The van der Waals surface area contributed by atoms with Crippen LogP contribution in [0.4, 0.5) is 5.69 Å². The molecule has 1 heterocycles. The Kier molecular flexibility index (Phi) is 4.29. The molecular formula is C13H18N2O4S. The Bertz CT molecular complexity index is 607. The molecular weight excluding hydrogens is 280 g/mol. The van der Waals surface area contributed by atoms with E-state index in [9.17, 15) is 13.2 Å². The van der Waals surface area contributed by atoms with Gasteiger partial charge in [-0.15, -0.1) is 0 Å². The molecule has 6 nitrogen and oxygen atoms in total. The van der Waals surface area contributed by atoms with E-state index in [1.54, 1.807) is 0 Å². The number of sulfone groups is 1. The van der Waals surface area contributed by atoms with Crippen LogP contribution in [0.1, 0.15) is 23.2 Å². The fourth-order valence-corrected chi connectivity index (χ4v) is 2.77. The van der Waals surface area contributed by atoms with Gasteiger partial charge >= 0.3 is 0 Å². The van der Waals surface area contributed by atoms with Gasteiger partial charge in [0.15, 0.2) is 9.84 Å². The van der Waals surface area contributed by atoms with Crippen molar-refractivity contribution < 1.29 is 17.9 Å². The molecule has 0 spiro atoms. The van der Waals surface area contributed by atoms with Crippen LogP contribution in [0, 0.1) is 0 Å². The van der Waals surface area contributed by atoms with E-state index in [0.29, 0.717) is 6.54 Å². The summed E-state index contributed by atoms with van der Waals surface area (Å²) in [6.07, 6.45) is 3.04. The summed E-state index contributed by atoms with van der Waals surface area (Å²) >= 11 is 0. The van der Waals surface area contributed by atoms with Crippen molar-refractivity contribution in [3.8, 4) is 0 Å². The van der Waals surface area contributed by atoms with E-state index in [1.165, 1.54) is 18.2 Å². The predicted octanol–water partition coefficient (Wildman–Crippen LogP) is 0.581. The molecule has 2 rings (SSSR count). The Balaban J connectivity index is 2.11. The Morgan fingerprint density at radius 3 is 2.80 bits per heavy atom. The molecule has 1 saturated heterocycles. The van der Waals surface area contributed by atoms with E-state index < -0.39 is 9.84 Å². The van der Waals surface area contributed by atoms with Crippen LogP contribution in [-0.4, -0.2) is 39.8 Å². The number of carbonyl (C=O) groups excluding carboxylic acids is 1. The third-order valence-electron chi connectivity index (χ3n) is 3.13. The Hall–Kier alpha value is -1.60. The van der Waals surface area contributed by atoms with Crippen LogP contribution in [0.5, 0.6) is 0 Å². The third kappa shape index (κ3) is 3.71. The molecule has 1 aliphatic rings. The fourth-order valence-electron chi connectivity index (χ4n) is 2.08. The van der Waals surface area contributed by atoms with Crippen LogP contribution >= 0.6 is 0 Å². The number of amides is 1. The van der Waals surface area contributed by atoms with Crippen LogP contribution in [-0.2, 0) is 14.6 Å². The molecule has 0 aliphatic carbocycles. The minimum Gasteiger partial charge on any atom is -0.399 e. The summed E-state index contributed by atoms with van der Waals surface area (Å²) in [5.41, 5.74) is 6.13. The average Bonchev–Trinajstić information content (AvgIpc) is 2.87. The van der Waals surface area contributed by atoms with Crippen LogP contribution in [0.15, 0.2) is 23.1 Å². The van der Waals surface area contributed by atoms with Crippen molar-refractivity contribution in [2.45, 2.75) is 23.8 Å². The van der Waals surface area contributed by atoms with Crippen molar-refractivity contribution in [2.75, 3.05) is 25.1 Å². The molecule has 1 amide bonds. The highest BCUT2D eigenvalue weighted by atomic mass is 32.2. The van der Waals surface area contributed by atoms with E-state index >= 15 is 0 Å². The molecule has 20 heavy (non-hydrogen) atoms. The number of hydrogen-bond donors (Lipinski definition) is 2. The zero-order valence-electron chi connectivity index (χ0n) is 11.3. The number of carbonyl (C=O) groups is 1. The third-order valence-corrected chi connectivity index (χ3v) is 4.23. The number of anilines is 1. The number of benzene rings is 1. The maximum Gasteiger partial charge on any atom is 0.251 e. The van der Waals surface area contributed by atoms with Gasteiger partial charge in [0.2, 0.25) is 0 Å². The number of hydrogen-bond acceptors (Lipinski definition) is 5. The van der Waals surface area contributed by atoms with Crippen LogP contribution in [0.2, 0.25) is 0 Å². The van der Waals surface area contributed by atoms with Crippen molar-refractivity contribution in [1.29, 1.82) is 0 Å². The van der Waals surface area contributed by atoms with Crippen LogP contribution < -0.4 is 11.1 Å². The van der Waals surface area contributed by atoms with Crippen molar-refractivity contribution in [3.05, 3.63) is 23.8 Å². The molecule has 110 valence electrons.